The van der Waals surface area contributed by atoms with Crippen LogP contribution in [0.4, 0.5) is 11.9 Å². The predicted octanol–water partition coefficient (Wildman–Crippen LogP) is -0.807. The van der Waals surface area contributed by atoms with E-state index in [1.54, 1.807) is 6.33 Å². The highest BCUT2D eigenvalue weighted by molar-refractivity contribution is 5.48. The molecule has 2 fully saturated rings. The van der Waals surface area contributed by atoms with Gasteiger partial charge in [-0.25, -0.2) is 4.40 Å². The van der Waals surface area contributed by atoms with Gasteiger partial charge in [-0.2, -0.15) is 9.97 Å². The third-order valence-electron chi connectivity index (χ3n) is 3.73. The predicted molar refractivity (Wildman–Crippen MR) is 74.6 cm³/mol. The Balaban J connectivity index is 1.74. The van der Waals surface area contributed by atoms with Crippen LogP contribution in [0, 0.1) is 0 Å². The normalized spacial score (nSPS) is 20.2. The van der Waals surface area contributed by atoms with Crippen molar-refractivity contribution in [2.24, 2.45) is 0 Å². The Labute approximate surface area is 121 Å². The van der Waals surface area contributed by atoms with E-state index in [0.29, 0.717) is 38.2 Å². The molecule has 2 aromatic rings. The van der Waals surface area contributed by atoms with Crippen LogP contribution in [0.15, 0.2) is 6.33 Å². The topological polar surface area (TPSA) is 80.9 Å². The lowest BCUT2D eigenvalue weighted by Gasteiger charge is -2.30. The van der Waals surface area contributed by atoms with Crippen LogP contribution in [-0.2, 0) is 9.47 Å². The number of hydrogen-bond donors (Lipinski definition) is 0. The van der Waals surface area contributed by atoms with E-state index in [0.717, 1.165) is 32.1 Å². The van der Waals surface area contributed by atoms with Crippen molar-refractivity contribution in [2.75, 3.05) is 62.4 Å². The highest BCUT2D eigenvalue weighted by Gasteiger charge is 2.21. The first-order valence-corrected chi connectivity index (χ1v) is 7.15. The summed E-state index contributed by atoms with van der Waals surface area (Å²) in [6, 6.07) is 0. The summed E-state index contributed by atoms with van der Waals surface area (Å²) in [6.07, 6.45) is 1.66. The maximum Gasteiger partial charge on any atom is 0.260 e. The van der Waals surface area contributed by atoms with Crippen molar-refractivity contribution in [3.8, 4) is 0 Å². The van der Waals surface area contributed by atoms with Crippen molar-refractivity contribution >= 4 is 17.7 Å². The molecule has 2 aromatic heterocycles. The van der Waals surface area contributed by atoms with Gasteiger partial charge in [0.2, 0.25) is 11.9 Å². The molecule has 0 aliphatic carbocycles. The molecule has 0 unspecified atom stereocenters. The largest absolute Gasteiger partial charge is 0.378 e. The van der Waals surface area contributed by atoms with Crippen molar-refractivity contribution < 1.29 is 9.47 Å². The number of morpholine rings is 2. The highest BCUT2D eigenvalue weighted by atomic mass is 16.5. The first-order chi connectivity index (χ1) is 10.4. The van der Waals surface area contributed by atoms with E-state index >= 15 is 0 Å². The zero-order valence-electron chi connectivity index (χ0n) is 11.7. The molecule has 0 saturated carbocycles. The summed E-state index contributed by atoms with van der Waals surface area (Å²) >= 11 is 0. The minimum atomic E-state index is 0.577. The second kappa shape index (κ2) is 5.41. The summed E-state index contributed by atoms with van der Waals surface area (Å²) in [4.78, 5) is 13.6. The summed E-state index contributed by atoms with van der Waals surface area (Å²) in [5.41, 5.74) is 0. The number of aromatic nitrogens is 5. The van der Waals surface area contributed by atoms with Crippen LogP contribution in [0.1, 0.15) is 0 Å². The van der Waals surface area contributed by atoms with Crippen LogP contribution in [0.5, 0.6) is 0 Å². The molecule has 21 heavy (non-hydrogen) atoms. The Bertz CT molecular complexity index is 619. The third-order valence-corrected chi connectivity index (χ3v) is 3.73. The van der Waals surface area contributed by atoms with Crippen molar-refractivity contribution in [3.05, 3.63) is 6.33 Å². The molecule has 0 amide bonds. The van der Waals surface area contributed by atoms with Gasteiger partial charge in [-0.3, -0.25) is 0 Å². The third kappa shape index (κ3) is 2.38. The number of anilines is 2. The second-order valence-electron chi connectivity index (χ2n) is 5.02. The first-order valence-electron chi connectivity index (χ1n) is 7.15. The molecule has 2 saturated heterocycles. The van der Waals surface area contributed by atoms with Gasteiger partial charge in [0.1, 0.15) is 6.33 Å². The second-order valence-corrected chi connectivity index (χ2v) is 5.02. The Morgan fingerprint density at radius 1 is 0.857 bits per heavy atom. The van der Waals surface area contributed by atoms with Gasteiger partial charge in [-0.15, -0.1) is 10.2 Å². The molecule has 0 radical (unpaired) electrons. The number of rotatable bonds is 2. The van der Waals surface area contributed by atoms with Crippen molar-refractivity contribution in [1.29, 1.82) is 0 Å². The smallest absolute Gasteiger partial charge is 0.260 e. The number of ether oxygens (including phenoxy) is 2. The molecule has 4 rings (SSSR count). The zero-order chi connectivity index (χ0) is 14.1. The lowest BCUT2D eigenvalue weighted by atomic mass is 10.4. The van der Waals surface area contributed by atoms with E-state index in [4.69, 9.17) is 14.5 Å². The molecule has 0 aromatic carbocycles. The summed E-state index contributed by atoms with van der Waals surface area (Å²) in [5, 5.41) is 8.03. The van der Waals surface area contributed by atoms with Crippen molar-refractivity contribution in [3.63, 3.8) is 0 Å². The fourth-order valence-corrected chi connectivity index (χ4v) is 2.60. The van der Waals surface area contributed by atoms with E-state index < -0.39 is 0 Å². The zero-order valence-corrected chi connectivity index (χ0v) is 11.7. The summed E-state index contributed by atoms with van der Waals surface area (Å²) < 4.78 is 12.6. The Kier molecular flexibility index (Phi) is 3.28. The van der Waals surface area contributed by atoms with Crippen LogP contribution in [0.2, 0.25) is 0 Å². The molecular weight excluding hydrogens is 274 g/mol. The van der Waals surface area contributed by atoms with Gasteiger partial charge in [-0.1, -0.05) is 0 Å². The van der Waals surface area contributed by atoms with Gasteiger partial charge in [0, 0.05) is 26.2 Å². The summed E-state index contributed by atoms with van der Waals surface area (Å²) in [5.74, 6) is 2.10. The van der Waals surface area contributed by atoms with E-state index in [2.05, 4.69) is 25.0 Å². The molecule has 9 nitrogen and oxygen atoms in total. The lowest BCUT2D eigenvalue weighted by Crippen LogP contribution is -2.40. The maximum absolute atomic E-state index is 5.41. The molecule has 2 aliphatic rings. The van der Waals surface area contributed by atoms with Gasteiger partial charge < -0.3 is 19.3 Å². The number of hydrogen-bond acceptors (Lipinski definition) is 8. The minimum Gasteiger partial charge on any atom is -0.378 e. The van der Waals surface area contributed by atoms with E-state index in [-0.39, 0.29) is 0 Å². The molecule has 2 aliphatic heterocycles. The van der Waals surface area contributed by atoms with Gasteiger partial charge in [0.25, 0.3) is 5.78 Å². The SMILES string of the molecule is c1nnc2nc(N3CCOCC3)nc(N3CCOCC3)n12. The van der Waals surface area contributed by atoms with E-state index in [1.165, 1.54) is 0 Å². The monoisotopic (exact) mass is 291 g/mol. The molecular formula is C12H17N7O2. The average molecular weight is 291 g/mol. The molecule has 4 heterocycles. The summed E-state index contributed by atoms with van der Waals surface area (Å²) in [6.45, 7) is 6.04. The van der Waals surface area contributed by atoms with Gasteiger partial charge in [-0.05, 0) is 0 Å². The summed E-state index contributed by atoms with van der Waals surface area (Å²) in [7, 11) is 0. The Morgan fingerprint density at radius 2 is 1.52 bits per heavy atom. The van der Waals surface area contributed by atoms with Gasteiger partial charge >= 0.3 is 0 Å². The van der Waals surface area contributed by atoms with E-state index in [9.17, 15) is 0 Å². The molecule has 0 spiro atoms. The van der Waals surface area contributed by atoms with Crippen LogP contribution >= 0.6 is 0 Å². The molecule has 9 heteroatoms. The first kappa shape index (κ1) is 12.7. The number of fused-ring (bicyclic) bond motifs is 1. The fraction of sp³-hybridized carbons (Fsp3) is 0.667. The highest BCUT2D eigenvalue weighted by Crippen LogP contribution is 2.19. The average Bonchev–Trinajstić information content (AvgIpc) is 3.04. The Hall–Kier alpha value is -2.00. The quantitative estimate of drug-likeness (QED) is 0.711. The molecule has 0 bridgehead atoms. The Morgan fingerprint density at radius 3 is 2.24 bits per heavy atom. The lowest BCUT2D eigenvalue weighted by molar-refractivity contribution is 0.121. The van der Waals surface area contributed by atoms with Crippen LogP contribution in [-0.4, -0.2) is 77.2 Å². The molecule has 0 N–H and O–H groups in total. The maximum atomic E-state index is 5.41. The van der Waals surface area contributed by atoms with Crippen LogP contribution < -0.4 is 9.80 Å². The van der Waals surface area contributed by atoms with Crippen molar-refractivity contribution in [1.82, 2.24) is 24.6 Å². The van der Waals surface area contributed by atoms with Gasteiger partial charge in [0.15, 0.2) is 0 Å². The van der Waals surface area contributed by atoms with Crippen LogP contribution in [0.25, 0.3) is 5.78 Å². The number of nitrogens with zero attached hydrogens (tertiary/aromatic N) is 7. The van der Waals surface area contributed by atoms with E-state index in [1.807, 2.05) is 4.40 Å². The van der Waals surface area contributed by atoms with Gasteiger partial charge in [0.05, 0.1) is 26.4 Å². The standard InChI is InChI=1S/C12H17N7O2/c1-5-20-6-2-17(1)10-14-11-16-13-9-19(11)12(15-10)18-3-7-21-8-4-18/h9H,1-8H2. The molecule has 112 valence electrons. The van der Waals surface area contributed by atoms with Crippen LogP contribution in [0.3, 0.4) is 0 Å². The molecule has 0 atom stereocenters. The minimum absolute atomic E-state index is 0.577. The van der Waals surface area contributed by atoms with Crippen molar-refractivity contribution in [2.45, 2.75) is 0 Å². The fourth-order valence-electron chi connectivity index (χ4n) is 2.60.